The maximum Gasteiger partial charge on any atom is 0.348 e. The molecule has 0 unspecified atom stereocenters. The van der Waals surface area contributed by atoms with Crippen molar-refractivity contribution >= 4 is 77.9 Å². The van der Waals surface area contributed by atoms with Gasteiger partial charge in [0.2, 0.25) is 0 Å². The largest absolute Gasteiger partial charge is 0.348 e. The summed E-state index contributed by atoms with van der Waals surface area (Å²) in [7, 11) is 0. The second-order valence-corrected chi connectivity index (χ2v) is 9.97. The minimum Gasteiger partial charge on any atom is -0.268 e. The van der Waals surface area contributed by atoms with E-state index in [4.69, 9.17) is 0 Å². The quantitative estimate of drug-likeness (QED) is 0.160. The molecule has 8 rings (SSSR count). The maximum absolute atomic E-state index is 13.8. The second-order valence-electron chi connectivity index (χ2n) is 9.97. The molecule has 2 aromatic heterocycles. The summed E-state index contributed by atoms with van der Waals surface area (Å²) in [6.07, 6.45) is 0. The van der Waals surface area contributed by atoms with Crippen LogP contribution in [0.15, 0.2) is 83.7 Å². The van der Waals surface area contributed by atoms with Crippen LogP contribution in [-0.2, 0) is 0 Å². The van der Waals surface area contributed by atoms with Crippen LogP contribution in [0.2, 0.25) is 0 Å². The lowest BCUT2D eigenvalue weighted by Crippen LogP contribution is -2.40. The first-order valence-corrected chi connectivity index (χ1v) is 12.6. The summed E-state index contributed by atoms with van der Waals surface area (Å²) in [5, 5.41) is 26.1. The summed E-state index contributed by atoms with van der Waals surface area (Å²) in [6.45, 7) is 0. The van der Waals surface area contributed by atoms with E-state index in [1.54, 1.807) is 24.3 Å². The van der Waals surface area contributed by atoms with Gasteiger partial charge in [-0.1, -0.05) is 30.3 Å². The summed E-state index contributed by atoms with van der Waals surface area (Å²) in [4.78, 5) is 68.3. The van der Waals surface area contributed by atoms with Crippen LogP contribution in [-0.4, -0.2) is 31.0 Å². The minimum absolute atomic E-state index is 0.0163. The molecule has 12 nitrogen and oxygen atoms in total. The number of benzene rings is 5. The SMILES string of the molecule is O=C1c2ccc3c(=O)n4c5cc([N+](=O)[O-])c([N+](=O)[O-])cc5nc4c4ccc(c2c34)C(=O)N1c1ccc2ccccc2c1. The molecule has 0 radical (unpaired) electrons. The van der Waals surface area contributed by atoms with E-state index >= 15 is 0 Å². The van der Waals surface area contributed by atoms with Crippen LogP contribution >= 0.6 is 0 Å². The van der Waals surface area contributed by atoms with Crippen LogP contribution in [0.25, 0.3) is 49.0 Å². The molecule has 12 heteroatoms. The van der Waals surface area contributed by atoms with Crippen LogP contribution in [0.3, 0.4) is 0 Å². The van der Waals surface area contributed by atoms with Crippen molar-refractivity contribution in [3.8, 4) is 0 Å². The number of nitro groups is 2. The number of amides is 2. The zero-order valence-electron chi connectivity index (χ0n) is 21.1. The summed E-state index contributed by atoms with van der Waals surface area (Å²) in [6, 6.07) is 20.9. The molecule has 2 amide bonds. The van der Waals surface area contributed by atoms with Crippen LogP contribution in [0.5, 0.6) is 0 Å². The molecule has 3 heterocycles. The lowest BCUT2D eigenvalue weighted by molar-refractivity contribution is -0.422. The number of imidazole rings is 1. The van der Waals surface area contributed by atoms with Crippen molar-refractivity contribution in [2.45, 2.75) is 0 Å². The summed E-state index contributed by atoms with van der Waals surface area (Å²) < 4.78 is 1.17. The monoisotopic (exact) mass is 555 g/mol. The Morgan fingerprint density at radius 1 is 0.667 bits per heavy atom. The molecule has 42 heavy (non-hydrogen) atoms. The van der Waals surface area contributed by atoms with E-state index in [1.807, 2.05) is 30.3 Å². The van der Waals surface area contributed by atoms with Gasteiger partial charge in [-0.2, -0.15) is 0 Å². The minimum atomic E-state index is -0.886. The number of imide groups is 1. The van der Waals surface area contributed by atoms with Gasteiger partial charge in [0.1, 0.15) is 5.65 Å². The molecular weight excluding hydrogens is 542 g/mol. The van der Waals surface area contributed by atoms with E-state index < -0.39 is 38.6 Å². The van der Waals surface area contributed by atoms with Gasteiger partial charge in [-0.3, -0.25) is 39.0 Å². The highest BCUT2D eigenvalue weighted by Crippen LogP contribution is 2.40. The van der Waals surface area contributed by atoms with Crippen LogP contribution < -0.4 is 10.5 Å². The first kappa shape index (κ1) is 23.6. The Kier molecular flexibility index (Phi) is 4.43. The molecule has 0 spiro atoms. The van der Waals surface area contributed by atoms with E-state index in [0.29, 0.717) is 21.8 Å². The smallest absolute Gasteiger partial charge is 0.268 e. The third-order valence-corrected chi connectivity index (χ3v) is 7.84. The van der Waals surface area contributed by atoms with E-state index in [1.165, 1.54) is 16.5 Å². The Balaban J connectivity index is 1.42. The molecule has 1 aliphatic rings. The number of hydrogen-bond acceptors (Lipinski definition) is 8. The van der Waals surface area contributed by atoms with Gasteiger partial charge in [0, 0.05) is 38.7 Å². The number of carbonyl (C=O) groups excluding carboxylic acids is 2. The second kappa shape index (κ2) is 7.88. The molecule has 0 aliphatic carbocycles. The van der Waals surface area contributed by atoms with E-state index in [-0.39, 0.29) is 33.2 Å². The molecule has 1 aliphatic heterocycles. The molecule has 200 valence electrons. The third-order valence-electron chi connectivity index (χ3n) is 7.84. The number of fused-ring (bicyclic) bond motifs is 5. The lowest BCUT2D eigenvalue weighted by atomic mass is 9.90. The van der Waals surface area contributed by atoms with Crippen LogP contribution in [0.4, 0.5) is 17.1 Å². The molecule has 0 fully saturated rings. The summed E-state index contributed by atoms with van der Waals surface area (Å²) in [5.74, 6) is -1.10. The highest BCUT2D eigenvalue weighted by Gasteiger charge is 2.36. The topological polar surface area (TPSA) is 158 Å². The number of nitrogens with zero attached hydrogens (tertiary/aromatic N) is 5. The molecule has 0 saturated heterocycles. The molecule has 0 atom stereocenters. The fourth-order valence-corrected chi connectivity index (χ4v) is 6.00. The van der Waals surface area contributed by atoms with Crippen LogP contribution in [0.1, 0.15) is 20.7 Å². The zero-order chi connectivity index (χ0) is 29.0. The Morgan fingerprint density at radius 2 is 1.31 bits per heavy atom. The highest BCUT2D eigenvalue weighted by molar-refractivity contribution is 6.39. The predicted molar refractivity (Wildman–Crippen MR) is 154 cm³/mol. The molecule has 0 N–H and O–H groups in total. The van der Waals surface area contributed by atoms with E-state index in [9.17, 15) is 34.6 Å². The normalized spacial score (nSPS) is 13.3. The van der Waals surface area contributed by atoms with E-state index in [2.05, 4.69) is 4.98 Å². The Hall–Kier alpha value is -6.30. The van der Waals surface area contributed by atoms with E-state index in [0.717, 1.165) is 27.8 Å². The number of nitro benzene ring substituents is 2. The maximum atomic E-state index is 13.8. The van der Waals surface area contributed by atoms with Crippen molar-refractivity contribution in [1.29, 1.82) is 0 Å². The highest BCUT2D eigenvalue weighted by atomic mass is 16.6. The first-order valence-electron chi connectivity index (χ1n) is 12.6. The molecular formula is C30H13N5O7. The standard InChI is InChI=1S/C30H13N5O7/c36-28-19-8-7-17-25-18(30(38)33-22-13-24(35(41)42)23(34(39)40)12-21(22)31-27(17)33)9-10-20(26(19)25)29(37)32(28)16-6-5-14-3-1-2-4-15(14)11-16/h1-13H. The number of rotatable bonds is 3. The fourth-order valence-electron chi connectivity index (χ4n) is 6.00. The average Bonchev–Trinajstić information content (AvgIpc) is 3.37. The van der Waals surface area contributed by atoms with Crippen molar-refractivity contribution < 1.29 is 19.4 Å². The number of hydrogen-bond donors (Lipinski definition) is 0. The van der Waals surface area contributed by atoms with Gasteiger partial charge in [0.25, 0.3) is 17.4 Å². The number of carbonyl (C=O) groups is 2. The van der Waals surface area contributed by atoms with Gasteiger partial charge >= 0.3 is 11.4 Å². The lowest BCUT2D eigenvalue weighted by Gasteiger charge is -2.28. The van der Waals surface area contributed by atoms with Gasteiger partial charge < -0.3 is 0 Å². The van der Waals surface area contributed by atoms with Gasteiger partial charge in [0.05, 0.1) is 32.6 Å². The third kappa shape index (κ3) is 2.89. The summed E-state index contributed by atoms with van der Waals surface area (Å²) >= 11 is 0. The molecule has 0 saturated carbocycles. The van der Waals surface area contributed by atoms with Gasteiger partial charge in [-0.25, -0.2) is 9.88 Å². The first-order chi connectivity index (χ1) is 20.2. The van der Waals surface area contributed by atoms with Crippen LogP contribution in [0, 0.1) is 20.2 Å². The average molecular weight is 555 g/mol. The summed E-state index contributed by atoms with van der Waals surface area (Å²) in [5.41, 5.74) is -1.13. The van der Waals surface area contributed by atoms with Gasteiger partial charge in [-0.05, 0) is 47.2 Å². The number of anilines is 1. The molecule has 5 aromatic carbocycles. The number of aromatic nitrogens is 2. The molecule has 0 bridgehead atoms. The Bertz CT molecular complexity index is 2480. The Labute approximate surface area is 232 Å². The Morgan fingerprint density at radius 3 is 2.00 bits per heavy atom. The predicted octanol–water partition coefficient (Wildman–Crippen LogP) is 5.36. The van der Waals surface area contributed by atoms with Crippen molar-refractivity contribution in [3.63, 3.8) is 0 Å². The number of pyridine rings is 1. The zero-order valence-corrected chi connectivity index (χ0v) is 21.1. The van der Waals surface area contributed by atoms with Crippen molar-refractivity contribution in [2.75, 3.05) is 4.90 Å². The van der Waals surface area contributed by atoms with Crippen molar-refractivity contribution in [3.05, 3.63) is 121 Å². The van der Waals surface area contributed by atoms with Gasteiger partial charge in [-0.15, -0.1) is 0 Å². The van der Waals surface area contributed by atoms with Crippen molar-refractivity contribution in [1.82, 2.24) is 9.38 Å². The van der Waals surface area contributed by atoms with Crippen molar-refractivity contribution in [2.24, 2.45) is 0 Å². The fraction of sp³-hybridized carbons (Fsp3) is 0. The van der Waals surface area contributed by atoms with Gasteiger partial charge in [0.15, 0.2) is 0 Å². The molecule has 7 aromatic rings.